The molecular formula is C13H15N3O3S2. The van der Waals surface area contributed by atoms with Crippen LogP contribution in [-0.4, -0.2) is 19.3 Å². The number of carbonyl (C=O) groups is 1. The Bertz CT molecular complexity index is 736. The van der Waals surface area contributed by atoms with Gasteiger partial charge in [0, 0.05) is 6.54 Å². The molecule has 1 amide bonds. The van der Waals surface area contributed by atoms with Crippen molar-refractivity contribution in [3.8, 4) is 0 Å². The Morgan fingerprint density at radius 2 is 2.00 bits per heavy atom. The second kappa shape index (κ2) is 6.33. The molecule has 21 heavy (non-hydrogen) atoms. The molecule has 0 spiro atoms. The summed E-state index contributed by atoms with van der Waals surface area (Å²) in [6, 6.07) is 6.07. The normalized spacial score (nSPS) is 11.3. The van der Waals surface area contributed by atoms with Crippen molar-refractivity contribution in [2.75, 3.05) is 0 Å². The Morgan fingerprint density at radius 1 is 1.33 bits per heavy atom. The molecule has 1 heterocycles. The Labute approximate surface area is 127 Å². The summed E-state index contributed by atoms with van der Waals surface area (Å²) in [5.41, 5.74) is 3.22. The van der Waals surface area contributed by atoms with Crippen LogP contribution in [0.5, 0.6) is 0 Å². The maximum absolute atomic E-state index is 12.0. The van der Waals surface area contributed by atoms with Crippen molar-refractivity contribution in [2.24, 2.45) is 5.14 Å². The summed E-state index contributed by atoms with van der Waals surface area (Å²) in [6.45, 7) is 2.25. The van der Waals surface area contributed by atoms with Gasteiger partial charge in [0.25, 0.3) is 5.91 Å². The van der Waals surface area contributed by atoms with Crippen LogP contribution in [0.2, 0.25) is 0 Å². The Hall–Kier alpha value is -1.77. The molecule has 2 rings (SSSR count). The number of aromatic nitrogens is 1. The predicted octanol–water partition coefficient (Wildman–Crippen LogP) is 1.28. The topological polar surface area (TPSA) is 102 Å². The Balaban J connectivity index is 2.02. The van der Waals surface area contributed by atoms with Crippen LogP contribution in [0.25, 0.3) is 0 Å². The van der Waals surface area contributed by atoms with Crippen molar-refractivity contribution >= 4 is 27.3 Å². The first-order valence-corrected chi connectivity index (χ1v) is 8.66. The standard InChI is InChI=1S/C13H15N3O3S2/c1-2-11-12(20-8-16-11)13(17)15-7-9-3-5-10(6-4-9)21(14,18)19/h3-6,8H,2,7H2,1H3,(H,15,17)(H2,14,18,19). The molecule has 0 aliphatic carbocycles. The number of aryl methyl sites for hydroxylation is 1. The largest absolute Gasteiger partial charge is 0.347 e. The smallest absolute Gasteiger partial charge is 0.263 e. The zero-order valence-corrected chi connectivity index (χ0v) is 13.0. The number of benzene rings is 1. The molecule has 0 saturated carbocycles. The van der Waals surface area contributed by atoms with Gasteiger partial charge in [0.2, 0.25) is 10.0 Å². The van der Waals surface area contributed by atoms with Crippen LogP contribution in [0.4, 0.5) is 0 Å². The minimum Gasteiger partial charge on any atom is -0.347 e. The van der Waals surface area contributed by atoms with Crippen LogP contribution in [0.15, 0.2) is 34.7 Å². The molecule has 1 aromatic carbocycles. The summed E-state index contributed by atoms with van der Waals surface area (Å²) in [7, 11) is -3.69. The van der Waals surface area contributed by atoms with E-state index >= 15 is 0 Å². The zero-order valence-electron chi connectivity index (χ0n) is 11.4. The van der Waals surface area contributed by atoms with Gasteiger partial charge in [-0.3, -0.25) is 4.79 Å². The third kappa shape index (κ3) is 3.87. The summed E-state index contributed by atoms with van der Waals surface area (Å²) in [5.74, 6) is -0.176. The van der Waals surface area contributed by atoms with Crippen molar-refractivity contribution in [1.82, 2.24) is 10.3 Å². The van der Waals surface area contributed by atoms with Crippen molar-refractivity contribution in [3.63, 3.8) is 0 Å². The van der Waals surface area contributed by atoms with Gasteiger partial charge in [-0.15, -0.1) is 11.3 Å². The van der Waals surface area contributed by atoms with E-state index in [2.05, 4.69) is 10.3 Å². The number of nitrogens with zero attached hydrogens (tertiary/aromatic N) is 1. The molecule has 6 nitrogen and oxygen atoms in total. The Kier molecular flexibility index (Phi) is 4.71. The number of thiazole rings is 1. The highest BCUT2D eigenvalue weighted by molar-refractivity contribution is 7.89. The van der Waals surface area contributed by atoms with E-state index in [0.29, 0.717) is 17.8 Å². The number of nitrogens with one attached hydrogen (secondary N) is 1. The number of rotatable bonds is 5. The number of amides is 1. The van der Waals surface area contributed by atoms with Crippen LogP contribution in [0, 0.1) is 0 Å². The lowest BCUT2D eigenvalue weighted by Gasteiger charge is -2.06. The third-order valence-electron chi connectivity index (χ3n) is 2.89. The van der Waals surface area contributed by atoms with Gasteiger partial charge >= 0.3 is 0 Å². The van der Waals surface area contributed by atoms with Crippen molar-refractivity contribution in [2.45, 2.75) is 24.8 Å². The molecule has 0 fully saturated rings. The van der Waals surface area contributed by atoms with Crippen LogP contribution in [0.1, 0.15) is 27.9 Å². The fourth-order valence-corrected chi connectivity index (χ4v) is 3.08. The first-order chi connectivity index (χ1) is 9.91. The molecule has 2 aromatic rings. The van der Waals surface area contributed by atoms with Gasteiger partial charge in [-0.05, 0) is 24.1 Å². The van der Waals surface area contributed by atoms with E-state index in [1.54, 1.807) is 17.6 Å². The van der Waals surface area contributed by atoms with E-state index in [-0.39, 0.29) is 10.8 Å². The van der Waals surface area contributed by atoms with E-state index in [9.17, 15) is 13.2 Å². The molecule has 0 aliphatic heterocycles. The first kappa shape index (κ1) is 15.6. The lowest BCUT2D eigenvalue weighted by molar-refractivity contribution is 0.0954. The number of hydrogen-bond donors (Lipinski definition) is 2. The van der Waals surface area contributed by atoms with Gasteiger partial charge in [-0.25, -0.2) is 18.5 Å². The van der Waals surface area contributed by atoms with Crippen molar-refractivity contribution < 1.29 is 13.2 Å². The predicted molar refractivity (Wildman–Crippen MR) is 80.5 cm³/mol. The minimum absolute atomic E-state index is 0.0494. The third-order valence-corrected chi connectivity index (χ3v) is 4.68. The van der Waals surface area contributed by atoms with Crippen LogP contribution >= 0.6 is 11.3 Å². The van der Waals surface area contributed by atoms with Crippen molar-refractivity contribution in [1.29, 1.82) is 0 Å². The van der Waals surface area contributed by atoms with Gasteiger partial charge in [0.05, 0.1) is 16.1 Å². The van der Waals surface area contributed by atoms with Gasteiger partial charge in [0.15, 0.2) is 0 Å². The van der Waals surface area contributed by atoms with Crippen LogP contribution in [0.3, 0.4) is 0 Å². The summed E-state index contributed by atoms with van der Waals surface area (Å²) in [5, 5.41) is 7.81. The second-order valence-electron chi connectivity index (χ2n) is 4.35. The van der Waals surface area contributed by atoms with Gasteiger partial charge < -0.3 is 5.32 Å². The average Bonchev–Trinajstić information content (AvgIpc) is 2.92. The molecule has 0 saturated heterocycles. The molecule has 8 heteroatoms. The highest BCUT2D eigenvalue weighted by Crippen LogP contribution is 2.14. The highest BCUT2D eigenvalue weighted by atomic mass is 32.2. The van der Waals surface area contributed by atoms with Gasteiger partial charge in [-0.1, -0.05) is 19.1 Å². The van der Waals surface area contributed by atoms with E-state index in [0.717, 1.165) is 11.3 Å². The molecule has 0 unspecified atom stereocenters. The number of primary sulfonamides is 1. The van der Waals surface area contributed by atoms with E-state index in [1.165, 1.54) is 23.5 Å². The zero-order chi connectivity index (χ0) is 15.5. The fraction of sp³-hybridized carbons (Fsp3) is 0.231. The quantitative estimate of drug-likeness (QED) is 0.864. The first-order valence-electron chi connectivity index (χ1n) is 6.24. The summed E-state index contributed by atoms with van der Waals surface area (Å²) in [6.07, 6.45) is 0.704. The molecule has 0 radical (unpaired) electrons. The molecule has 3 N–H and O–H groups in total. The van der Waals surface area contributed by atoms with Crippen LogP contribution < -0.4 is 10.5 Å². The lowest BCUT2D eigenvalue weighted by atomic mass is 10.2. The maximum atomic E-state index is 12.0. The van der Waals surface area contributed by atoms with Gasteiger partial charge in [0.1, 0.15) is 4.88 Å². The Morgan fingerprint density at radius 3 is 2.57 bits per heavy atom. The number of hydrogen-bond acceptors (Lipinski definition) is 5. The number of sulfonamides is 1. The van der Waals surface area contributed by atoms with Crippen LogP contribution in [-0.2, 0) is 23.0 Å². The lowest BCUT2D eigenvalue weighted by Crippen LogP contribution is -2.23. The summed E-state index contributed by atoms with van der Waals surface area (Å²) in [4.78, 5) is 16.8. The molecule has 0 atom stereocenters. The number of carbonyl (C=O) groups excluding carboxylic acids is 1. The van der Waals surface area contributed by atoms with Gasteiger partial charge in [-0.2, -0.15) is 0 Å². The van der Waals surface area contributed by atoms with E-state index < -0.39 is 10.0 Å². The molecule has 1 aromatic heterocycles. The molecule has 0 bridgehead atoms. The van der Waals surface area contributed by atoms with E-state index in [1.807, 2.05) is 6.92 Å². The monoisotopic (exact) mass is 325 g/mol. The van der Waals surface area contributed by atoms with E-state index in [4.69, 9.17) is 5.14 Å². The molecular weight excluding hydrogens is 310 g/mol. The summed E-state index contributed by atoms with van der Waals surface area (Å²) >= 11 is 1.30. The average molecular weight is 325 g/mol. The SMILES string of the molecule is CCc1ncsc1C(=O)NCc1ccc(S(N)(=O)=O)cc1. The fourth-order valence-electron chi connectivity index (χ4n) is 1.77. The number of nitrogens with two attached hydrogens (primary N) is 1. The molecule has 112 valence electrons. The summed E-state index contributed by atoms with van der Waals surface area (Å²) < 4.78 is 22.3. The maximum Gasteiger partial charge on any atom is 0.263 e. The highest BCUT2D eigenvalue weighted by Gasteiger charge is 2.13. The second-order valence-corrected chi connectivity index (χ2v) is 6.77. The molecule has 0 aliphatic rings. The minimum atomic E-state index is -3.69. The van der Waals surface area contributed by atoms with Crippen molar-refractivity contribution in [3.05, 3.63) is 45.9 Å².